The van der Waals surface area contributed by atoms with Gasteiger partial charge in [-0.1, -0.05) is 12.1 Å². The largest absolute Gasteiger partial charge is 0.496 e. The predicted molar refractivity (Wildman–Crippen MR) is 104 cm³/mol. The van der Waals surface area contributed by atoms with Crippen LogP contribution in [0.3, 0.4) is 0 Å². The Morgan fingerprint density at radius 3 is 2.67 bits per heavy atom. The first-order valence-electron chi connectivity index (χ1n) is 9.01. The summed E-state index contributed by atoms with van der Waals surface area (Å²) in [5, 5.41) is 0.501. The summed E-state index contributed by atoms with van der Waals surface area (Å²) in [6.07, 6.45) is 4.33. The molecule has 0 saturated carbocycles. The van der Waals surface area contributed by atoms with Gasteiger partial charge < -0.3 is 18.8 Å². The lowest BCUT2D eigenvalue weighted by molar-refractivity contribution is 0.0735. The van der Waals surface area contributed by atoms with E-state index in [9.17, 15) is 9.59 Å². The Labute approximate surface area is 157 Å². The average Bonchev–Trinajstić information content (AvgIpc) is 3.02. The Bertz CT molecular complexity index is 1120. The van der Waals surface area contributed by atoms with E-state index in [4.69, 9.17) is 4.74 Å². The molecule has 140 valence electrons. The van der Waals surface area contributed by atoms with Gasteiger partial charge >= 0.3 is 0 Å². The minimum Gasteiger partial charge on any atom is -0.496 e. The SMILES string of the molecule is COc1cccc2c1CCN(C(=O)c1cn(C)c3c(C)cn(C)c(=O)c13)C2. The summed E-state index contributed by atoms with van der Waals surface area (Å²) >= 11 is 0. The van der Waals surface area contributed by atoms with Crippen LogP contribution >= 0.6 is 0 Å². The fourth-order valence-corrected chi connectivity index (χ4v) is 4.18. The summed E-state index contributed by atoms with van der Waals surface area (Å²) in [4.78, 5) is 27.9. The van der Waals surface area contributed by atoms with Crippen molar-refractivity contribution in [3.8, 4) is 5.75 Å². The number of hydrogen-bond acceptors (Lipinski definition) is 3. The van der Waals surface area contributed by atoms with Crippen LogP contribution in [0.25, 0.3) is 10.9 Å². The highest BCUT2D eigenvalue weighted by molar-refractivity contribution is 6.07. The van der Waals surface area contributed by atoms with Gasteiger partial charge in [-0.3, -0.25) is 9.59 Å². The van der Waals surface area contributed by atoms with Crippen LogP contribution < -0.4 is 10.3 Å². The van der Waals surface area contributed by atoms with Gasteiger partial charge in [-0.15, -0.1) is 0 Å². The zero-order chi connectivity index (χ0) is 19.3. The molecule has 2 aromatic heterocycles. The number of hydrogen-bond donors (Lipinski definition) is 0. The number of benzene rings is 1. The van der Waals surface area contributed by atoms with Crippen molar-refractivity contribution < 1.29 is 9.53 Å². The van der Waals surface area contributed by atoms with Crippen molar-refractivity contribution in [3.05, 3.63) is 63.2 Å². The maximum atomic E-state index is 13.3. The predicted octanol–water partition coefficient (Wildman–Crippen LogP) is 2.39. The molecule has 4 rings (SSSR count). The summed E-state index contributed by atoms with van der Waals surface area (Å²) in [6.45, 7) is 3.09. The molecular weight excluding hydrogens is 342 g/mol. The second-order valence-electron chi connectivity index (χ2n) is 7.18. The lowest BCUT2D eigenvalue weighted by Crippen LogP contribution is -2.36. The number of aromatic nitrogens is 2. The van der Waals surface area contributed by atoms with Gasteiger partial charge in [0.25, 0.3) is 11.5 Å². The third-order valence-electron chi connectivity index (χ3n) is 5.44. The quantitative estimate of drug-likeness (QED) is 0.701. The Kier molecular flexibility index (Phi) is 4.06. The first-order chi connectivity index (χ1) is 12.9. The number of amides is 1. The number of nitrogens with zero attached hydrogens (tertiary/aromatic N) is 3. The molecule has 0 fully saturated rings. The van der Waals surface area contributed by atoms with E-state index in [1.807, 2.05) is 47.8 Å². The van der Waals surface area contributed by atoms with E-state index in [1.165, 1.54) is 0 Å². The third kappa shape index (κ3) is 2.63. The van der Waals surface area contributed by atoms with Crippen molar-refractivity contribution in [1.29, 1.82) is 0 Å². The molecule has 0 spiro atoms. The topological polar surface area (TPSA) is 56.5 Å². The zero-order valence-electron chi connectivity index (χ0n) is 16.1. The van der Waals surface area contributed by atoms with E-state index in [1.54, 1.807) is 24.9 Å². The van der Waals surface area contributed by atoms with Crippen molar-refractivity contribution in [1.82, 2.24) is 14.0 Å². The number of pyridine rings is 1. The molecule has 3 heterocycles. The van der Waals surface area contributed by atoms with Crippen LogP contribution in [0.1, 0.15) is 27.0 Å². The van der Waals surface area contributed by atoms with Gasteiger partial charge in [-0.25, -0.2) is 0 Å². The first kappa shape index (κ1) is 17.4. The molecule has 6 nitrogen and oxygen atoms in total. The second kappa shape index (κ2) is 6.30. The van der Waals surface area contributed by atoms with E-state index < -0.39 is 0 Å². The van der Waals surface area contributed by atoms with Crippen LogP contribution in [0.4, 0.5) is 0 Å². The molecule has 6 heteroatoms. The number of carbonyl (C=O) groups excluding carboxylic acids is 1. The number of fused-ring (bicyclic) bond motifs is 2. The number of ether oxygens (including phenoxy) is 1. The van der Waals surface area contributed by atoms with E-state index >= 15 is 0 Å². The molecule has 0 saturated heterocycles. The summed E-state index contributed by atoms with van der Waals surface area (Å²) < 4.78 is 8.87. The molecule has 3 aromatic rings. The van der Waals surface area contributed by atoms with E-state index in [2.05, 4.69) is 0 Å². The molecule has 27 heavy (non-hydrogen) atoms. The Hall–Kier alpha value is -3.02. The van der Waals surface area contributed by atoms with Gasteiger partial charge in [0.15, 0.2) is 0 Å². The average molecular weight is 365 g/mol. The lowest BCUT2D eigenvalue weighted by Gasteiger charge is -2.29. The van der Waals surface area contributed by atoms with Gasteiger partial charge in [-0.05, 0) is 30.5 Å². The highest BCUT2D eigenvalue weighted by Gasteiger charge is 2.27. The summed E-state index contributed by atoms with van der Waals surface area (Å²) in [5.41, 5.74) is 4.39. The van der Waals surface area contributed by atoms with Crippen molar-refractivity contribution in [2.75, 3.05) is 13.7 Å². The molecule has 1 aromatic carbocycles. The molecule has 0 aliphatic carbocycles. The highest BCUT2D eigenvalue weighted by Crippen LogP contribution is 2.29. The highest BCUT2D eigenvalue weighted by atomic mass is 16.5. The van der Waals surface area contributed by atoms with Crippen LogP contribution in [0.5, 0.6) is 5.75 Å². The normalized spacial score (nSPS) is 13.7. The molecule has 0 bridgehead atoms. The summed E-state index contributed by atoms with van der Waals surface area (Å²) in [6, 6.07) is 5.93. The summed E-state index contributed by atoms with van der Waals surface area (Å²) in [5.74, 6) is 0.769. The van der Waals surface area contributed by atoms with E-state index in [0.29, 0.717) is 24.0 Å². The molecule has 1 aliphatic heterocycles. The minimum absolute atomic E-state index is 0.100. The van der Waals surface area contributed by atoms with E-state index in [-0.39, 0.29) is 11.5 Å². The van der Waals surface area contributed by atoms with Crippen LogP contribution in [0.15, 0.2) is 35.4 Å². The minimum atomic E-state index is -0.140. The third-order valence-corrected chi connectivity index (χ3v) is 5.44. The fourth-order valence-electron chi connectivity index (χ4n) is 4.18. The Morgan fingerprint density at radius 1 is 1.15 bits per heavy atom. The van der Waals surface area contributed by atoms with Crippen molar-refractivity contribution in [3.63, 3.8) is 0 Å². The number of rotatable bonds is 2. The Balaban J connectivity index is 1.77. The molecular formula is C21H23N3O3. The zero-order valence-corrected chi connectivity index (χ0v) is 16.1. The van der Waals surface area contributed by atoms with Crippen LogP contribution in [0, 0.1) is 6.92 Å². The van der Waals surface area contributed by atoms with Crippen molar-refractivity contribution >= 4 is 16.8 Å². The molecule has 0 N–H and O–H groups in total. The van der Waals surface area contributed by atoms with Gasteiger partial charge in [0.1, 0.15) is 5.75 Å². The van der Waals surface area contributed by atoms with Gasteiger partial charge in [0, 0.05) is 45.1 Å². The molecule has 0 radical (unpaired) electrons. The first-order valence-corrected chi connectivity index (χ1v) is 9.01. The molecule has 1 aliphatic rings. The van der Waals surface area contributed by atoms with Crippen molar-refractivity contribution in [2.24, 2.45) is 14.1 Å². The monoisotopic (exact) mass is 365 g/mol. The molecule has 0 atom stereocenters. The van der Waals surface area contributed by atoms with Gasteiger partial charge in [0.05, 0.1) is 23.6 Å². The van der Waals surface area contributed by atoms with Crippen LogP contribution in [-0.2, 0) is 27.1 Å². The molecule has 0 unspecified atom stereocenters. The van der Waals surface area contributed by atoms with Crippen LogP contribution in [-0.4, -0.2) is 33.6 Å². The van der Waals surface area contributed by atoms with Crippen LogP contribution in [0.2, 0.25) is 0 Å². The Morgan fingerprint density at radius 2 is 1.93 bits per heavy atom. The smallest absolute Gasteiger partial charge is 0.260 e. The molecule has 1 amide bonds. The second-order valence-corrected chi connectivity index (χ2v) is 7.18. The summed E-state index contributed by atoms with van der Waals surface area (Å²) in [7, 11) is 5.27. The standard InChI is InChI=1S/C21H23N3O3/c1-13-10-23(3)21(26)18-16(12-22(2)19(13)18)20(25)24-9-8-15-14(11-24)6-5-7-17(15)27-4/h5-7,10,12H,8-9,11H2,1-4H3. The fraction of sp³-hybridized carbons (Fsp3) is 0.333. The van der Waals surface area contributed by atoms with E-state index in [0.717, 1.165) is 34.4 Å². The maximum Gasteiger partial charge on any atom is 0.260 e. The number of aryl methyl sites for hydroxylation is 3. The van der Waals surface area contributed by atoms with Crippen molar-refractivity contribution in [2.45, 2.75) is 19.9 Å². The number of carbonyl (C=O) groups is 1. The van der Waals surface area contributed by atoms with Gasteiger partial charge in [-0.2, -0.15) is 0 Å². The van der Waals surface area contributed by atoms with Gasteiger partial charge in [0.2, 0.25) is 0 Å². The number of methoxy groups -OCH3 is 1. The lowest BCUT2D eigenvalue weighted by atomic mass is 9.98. The maximum absolute atomic E-state index is 13.3.